The molecule has 2 atom stereocenters. The Balaban J connectivity index is 1.51. The van der Waals surface area contributed by atoms with E-state index in [-0.39, 0.29) is 12.2 Å². The van der Waals surface area contributed by atoms with Crippen molar-refractivity contribution in [3.63, 3.8) is 0 Å². The Hall–Kier alpha value is -1.52. The molecule has 0 amide bonds. The van der Waals surface area contributed by atoms with Gasteiger partial charge in [-0.15, -0.1) is 0 Å². The Morgan fingerprint density at radius 1 is 0.963 bits per heavy atom. The molecule has 1 saturated heterocycles. The molecule has 0 bridgehead atoms. The van der Waals surface area contributed by atoms with Gasteiger partial charge in [-0.1, -0.05) is 44.2 Å². The second-order valence-corrected chi connectivity index (χ2v) is 9.43. The molecular formula is C23H32N2OS. The lowest BCUT2D eigenvalue weighted by molar-refractivity contribution is -0.00545. The lowest BCUT2D eigenvalue weighted by Gasteiger charge is -2.36. The summed E-state index contributed by atoms with van der Waals surface area (Å²) in [5.41, 5.74) is 4.11. The maximum atomic E-state index is 5.81. The number of pyridine rings is 1. The van der Waals surface area contributed by atoms with Crippen molar-refractivity contribution in [3.8, 4) is 0 Å². The third-order valence-electron chi connectivity index (χ3n) is 4.86. The highest BCUT2D eigenvalue weighted by atomic mass is 32.2. The minimum absolute atomic E-state index is 0.261. The van der Waals surface area contributed by atoms with Gasteiger partial charge >= 0.3 is 0 Å². The fraction of sp³-hybridized carbons (Fsp3) is 0.522. The smallest absolute Gasteiger partial charge is 0.128 e. The fourth-order valence-corrected chi connectivity index (χ4v) is 4.19. The molecule has 2 aromatic rings. The van der Waals surface area contributed by atoms with Gasteiger partial charge in [-0.3, -0.25) is 0 Å². The van der Waals surface area contributed by atoms with Gasteiger partial charge in [-0.25, -0.2) is 4.98 Å². The zero-order valence-corrected chi connectivity index (χ0v) is 17.8. The van der Waals surface area contributed by atoms with Crippen LogP contribution in [0.1, 0.15) is 44.4 Å². The van der Waals surface area contributed by atoms with Gasteiger partial charge in [-0.2, -0.15) is 11.8 Å². The van der Waals surface area contributed by atoms with E-state index >= 15 is 0 Å². The van der Waals surface area contributed by atoms with Crippen molar-refractivity contribution >= 4 is 17.6 Å². The molecule has 4 heteroatoms. The van der Waals surface area contributed by atoms with Crippen LogP contribution in [0.2, 0.25) is 0 Å². The summed E-state index contributed by atoms with van der Waals surface area (Å²) >= 11 is 1.99. The highest BCUT2D eigenvalue weighted by Crippen LogP contribution is 2.20. The minimum Gasteiger partial charge on any atom is -0.372 e. The van der Waals surface area contributed by atoms with E-state index in [2.05, 4.69) is 69.0 Å². The zero-order chi connectivity index (χ0) is 19.2. The van der Waals surface area contributed by atoms with Gasteiger partial charge in [-0.05, 0) is 54.7 Å². The first kappa shape index (κ1) is 20.2. The fourth-order valence-electron chi connectivity index (χ4n) is 3.47. The molecule has 0 spiro atoms. The van der Waals surface area contributed by atoms with Crippen LogP contribution in [-0.4, -0.2) is 35.5 Å². The summed E-state index contributed by atoms with van der Waals surface area (Å²) in [7, 11) is 0. The van der Waals surface area contributed by atoms with Crippen LogP contribution in [0.4, 0.5) is 5.82 Å². The number of hydrogen-bond donors (Lipinski definition) is 0. The Bertz CT molecular complexity index is 689. The van der Waals surface area contributed by atoms with Crippen LogP contribution in [-0.2, 0) is 23.3 Å². The number of anilines is 1. The quantitative estimate of drug-likeness (QED) is 0.661. The summed E-state index contributed by atoms with van der Waals surface area (Å²) in [6, 6.07) is 13.5. The second kappa shape index (κ2) is 9.61. The van der Waals surface area contributed by atoms with E-state index in [1.54, 1.807) is 0 Å². The largest absolute Gasteiger partial charge is 0.372 e. The molecule has 0 unspecified atom stereocenters. The molecule has 0 saturated carbocycles. The Morgan fingerprint density at radius 2 is 1.56 bits per heavy atom. The molecular weight excluding hydrogens is 352 g/mol. The van der Waals surface area contributed by atoms with Gasteiger partial charge in [0, 0.05) is 25.0 Å². The molecule has 0 aliphatic carbocycles. The highest BCUT2D eigenvalue weighted by molar-refractivity contribution is 7.99. The van der Waals surface area contributed by atoms with Crippen LogP contribution < -0.4 is 4.90 Å². The van der Waals surface area contributed by atoms with Crippen LogP contribution in [0, 0.1) is 0 Å². The van der Waals surface area contributed by atoms with Gasteiger partial charge in [0.2, 0.25) is 0 Å². The lowest BCUT2D eigenvalue weighted by Crippen LogP contribution is -2.45. The molecule has 1 aliphatic heterocycles. The van der Waals surface area contributed by atoms with Crippen LogP contribution in [0.25, 0.3) is 0 Å². The number of morpholine rings is 1. The number of ether oxygens (including phenoxy) is 1. The molecule has 27 heavy (non-hydrogen) atoms. The van der Waals surface area contributed by atoms with Crippen molar-refractivity contribution in [1.29, 1.82) is 0 Å². The first-order chi connectivity index (χ1) is 13.0. The molecule has 0 radical (unpaired) electrons. The summed E-state index contributed by atoms with van der Waals surface area (Å²) < 4.78 is 5.81. The maximum Gasteiger partial charge on any atom is 0.128 e. The minimum atomic E-state index is 0.261. The Kier molecular flexibility index (Phi) is 7.20. The number of benzene rings is 1. The number of aromatic nitrogens is 1. The average molecular weight is 385 g/mol. The van der Waals surface area contributed by atoms with Gasteiger partial charge in [0.25, 0.3) is 0 Å². The molecule has 3 nitrogen and oxygen atoms in total. The molecule has 2 heterocycles. The maximum absolute atomic E-state index is 5.81. The number of aryl methyl sites for hydroxylation is 2. The van der Waals surface area contributed by atoms with E-state index in [0.29, 0.717) is 5.25 Å². The van der Waals surface area contributed by atoms with Crippen molar-refractivity contribution in [2.45, 2.75) is 63.7 Å². The first-order valence-corrected chi connectivity index (χ1v) is 11.1. The molecule has 1 aromatic heterocycles. The van der Waals surface area contributed by atoms with Crippen molar-refractivity contribution in [1.82, 2.24) is 4.98 Å². The zero-order valence-electron chi connectivity index (χ0n) is 17.0. The third-order valence-corrected chi connectivity index (χ3v) is 6.03. The van der Waals surface area contributed by atoms with E-state index < -0.39 is 0 Å². The molecule has 1 fully saturated rings. The number of thioether (sulfide) groups is 1. The molecule has 146 valence electrons. The summed E-state index contributed by atoms with van der Waals surface area (Å²) in [4.78, 5) is 7.04. The van der Waals surface area contributed by atoms with Crippen LogP contribution >= 0.6 is 11.8 Å². The Labute approximate surface area is 168 Å². The normalized spacial score (nSPS) is 20.3. The SMILES string of the molecule is CC(C)SCc1ccc(CCc2ccc(N3C[C@@H](C)O[C@@H](C)C3)nc2)cc1. The van der Waals surface area contributed by atoms with Crippen LogP contribution in [0.15, 0.2) is 42.6 Å². The highest BCUT2D eigenvalue weighted by Gasteiger charge is 2.22. The standard InChI is InChI=1S/C23H32N2OS/c1-17(2)27-16-22-9-6-20(7-10-22)5-8-21-11-12-23(24-13-21)25-14-18(3)26-19(4)15-25/h6-7,9-13,17-19H,5,8,14-16H2,1-4H3/t18-,19+. The predicted octanol–water partition coefficient (Wildman–Crippen LogP) is 5.12. The van der Waals surface area contributed by atoms with Gasteiger partial charge < -0.3 is 9.64 Å². The van der Waals surface area contributed by atoms with E-state index in [9.17, 15) is 0 Å². The monoisotopic (exact) mass is 384 g/mol. The van der Waals surface area contributed by atoms with Crippen molar-refractivity contribution < 1.29 is 4.74 Å². The molecule has 1 aromatic carbocycles. The summed E-state index contributed by atoms with van der Waals surface area (Å²) in [5.74, 6) is 2.16. The van der Waals surface area contributed by atoms with Crippen molar-refractivity contribution in [2.75, 3.05) is 18.0 Å². The molecule has 1 aliphatic rings. The van der Waals surface area contributed by atoms with E-state index in [1.807, 2.05) is 18.0 Å². The van der Waals surface area contributed by atoms with Gasteiger partial charge in [0.15, 0.2) is 0 Å². The van der Waals surface area contributed by atoms with Crippen LogP contribution in [0.5, 0.6) is 0 Å². The summed E-state index contributed by atoms with van der Waals surface area (Å²) in [5, 5.41) is 0.684. The number of nitrogens with zero attached hydrogens (tertiary/aromatic N) is 2. The summed E-state index contributed by atoms with van der Waals surface area (Å²) in [6.45, 7) is 10.6. The van der Waals surface area contributed by atoms with Crippen molar-refractivity contribution in [3.05, 3.63) is 59.3 Å². The van der Waals surface area contributed by atoms with Gasteiger partial charge in [0.1, 0.15) is 5.82 Å². The second-order valence-electron chi connectivity index (χ2n) is 7.86. The molecule has 3 rings (SSSR count). The lowest BCUT2D eigenvalue weighted by atomic mass is 10.0. The number of rotatable bonds is 7. The third kappa shape index (κ3) is 6.25. The Morgan fingerprint density at radius 3 is 2.15 bits per heavy atom. The van der Waals surface area contributed by atoms with Gasteiger partial charge in [0.05, 0.1) is 12.2 Å². The first-order valence-electron chi connectivity index (χ1n) is 10.0. The number of hydrogen-bond acceptors (Lipinski definition) is 4. The summed E-state index contributed by atoms with van der Waals surface area (Å²) in [6.07, 6.45) is 4.65. The predicted molar refractivity (Wildman–Crippen MR) is 117 cm³/mol. The van der Waals surface area contributed by atoms with E-state index in [4.69, 9.17) is 9.72 Å². The molecule has 0 N–H and O–H groups in total. The average Bonchev–Trinajstić information content (AvgIpc) is 2.65. The van der Waals surface area contributed by atoms with E-state index in [1.165, 1.54) is 16.7 Å². The van der Waals surface area contributed by atoms with E-state index in [0.717, 1.165) is 37.5 Å². The van der Waals surface area contributed by atoms with Crippen molar-refractivity contribution in [2.24, 2.45) is 0 Å². The van der Waals surface area contributed by atoms with Crippen LogP contribution in [0.3, 0.4) is 0 Å². The topological polar surface area (TPSA) is 25.4 Å².